The fraction of sp³-hybridized carbons (Fsp3) is 0.0714. The molecular formula is C14H11ClF2N2O2. The molecule has 0 aromatic heterocycles. The molecule has 0 unspecified atom stereocenters. The van der Waals surface area contributed by atoms with Crippen molar-refractivity contribution in [1.82, 2.24) is 0 Å². The monoisotopic (exact) mass is 312 g/mol. The number of carbonyl (C=O) groups is 1. The molecular weight excluding hydrogens is 302 g/mol. The van der Waals surface area contributed by atoms with E-state index in [0.717, 1.165) is 12.1 Å². The Labute approximate surface area is 124 Å². The van der Waals surface area contributed by atoms with Crippen molar-refractivity contribution in [2.24, 2.45) is 0 Å². The predicted molar refractivity (Wildman–Crippen MR) is 76.3 cm³/mol. The summed E-state index contributed by atoms with van der Waals surface area (Å²) in [4.78, 5) is 11.6. The SMILES string of the molecule is Nc1cc(F)c(OCC(=O)Nc2cccc(Cl)c2)cc1F. The summed E-state index contributed by atoms with van der Waals surface area (Å²) in [6, 6.07) is 8.07. The van der Waals surface area contributed by atoms with Crippen molar-refractivity contribution < 1.29 is 18.3 Å². The third-order valence-electron chi connectivity index (χ3n) is 2.52. The molecule has 0 heterocycles. The van der Waals surface area contributed by atoms with Gasteiger partial charge in [0, 0.05) is 22.8 Å². The third kappa shape index (κ3) is 4.06. The Morgan fingerprint density at radius 2 is 2.00 bits per heavy atom. The lowest BCUT2D eigenvalue weighted by Gasteiger charge is -2.09. The van der Waals surface area contributed by atoms with Gasteiger partial charge in [0.1, 0.15) is 5.82 Å². The minimum Gasteiger partial charge on any atom is -0.481 e. The van der Waals surface area contributed by atoms with Crippen molar-refractivity contribution in [3.05, 3.63) is 53.1 Å². The van der Waals surface area contributed by atoms with Crippen LogP contribution in [0.1, 0.15) is 0 Å². The van der Waals surface area contributed by atoms with E-state index in [4.69, 9.17) is 22.1 Å². The number of halogens is 3. The Kier molecular flexibility index (Phi) is 4.59. The fourth-order valence-corrected chi connectivity index (χ4v) is 1.75. The largest absolute Gasteiger partial charge is 0.481 e. The van der Waals surface area contributed by atoms with Crippen LogP contribution in [-0.2, 0) is 4.79 Å². The van der Waals surface area contributed by atoms with Gasteiger partial charge in [-0.15, -0.1) is 0 Å². The zero-order valence-corrected chi connectivity index (χ0v) is 11.5. The molecule has 1 amide bonds. The summed E-state index contributed by atoms with van der Waals surface area (Å²) in [6.45, 7) is -0.479. The van der Waals surface area contributed by atoms with E-state index < -0.39 is 24.1 Å². The minimum absolute atomic E-state index is 0.330. The minimum atomic E-state index is -0.843. The van der Waals surface area contributed by atoms with Crippen molar-refractivity contribution in [2.45, 2.75) is 0 Å². The Morgan fingerprint density at radius 1 is 1.24 bits per heavy atom. The van der Waals surface area contributed by atoms with Gasteiger partial charge in [-0.05, 0) is 18.2 Å². The maximum absolute atomic E-state index is 13.4. The number of anilines is 2. The van der Waals surface area contributed by atoms with E-state index in [1.807, 2.05) is 0 Å². The van der Waals surface area contributed by atoms with Crippen LogP contribution in [0.5, 0.6) is 5.75 Å². The van der Waals surface area contributed by atoms with Crippen molar-refractivity contribution >= 4 is 28.9 Å². The molecule has 7 heteroatoms. The van der Waals surface area contributed by atoms with Gasteiger partial charge in [0.25, 0.3) is 5.91 Å². The van der Waals surface area contributed by atoms with Crippen molar-refractivity contribution in [3.63, 3.8) is 0 Å². The van der Waals surface area contributed by atoms with Gasteiger partial charge in [-0.1, -0.05) is 17.7 Å². The summed E-state index contributed by atoms with van der Waals surface area (Å²) in [5.74, 6) is -2.58. The summed E-state index contributed by atoms with van der Waals surface area (Å²) < 4.78 is 31.5. The van der Waals surface area contributed by atoms with Crippen LogP contribution in [0.25, 0.3) is 0 Å². The molecule has 0 aliphatic heterocycles. The molecule has 0 saturated carbocycles. The molecule has 21 heavy (non-hydrogen) atoms. The Morgan fingerprint density at radius 3 is 2.71 bits per heavy atom. The molecule has 2 rings (SSSR count). The maximum Gasteiger partial charge on any atom is 0.262 e. The second-order valence-electron chi connectivity index (χ2n) is 4.15. The average molecular weight is 313 g/mol. The summed E-state index contributed by atoms with van der Waals surface area (Å²) in [7, 11) is 0. The molecule has 0 saturated heterocycles. The summed E-state index contributed by atoms with van der Waals surface area (Å²) >= 11 is 5.77. The molecule has 0 aliphatic rings. The van der Waals surface area contributed by atoms with Gasteiger partial charge >= 0.3 is 0 Å². The first-order chi connectivity index (χ1) is 9.95. The van der Waals surface area contributed by atoms with Gasteiger partial charge in [0.15, 0.2) is 18.2 Å². The lowest BCUT2D eigenvalue weighted by atomic mass is 10.3. The van der Waals surface area contributed by atoms with E-state index in [0.29, 0.717) is 10.7 Å². The molecule has 2 aromatic rings. The lowest BCUT2D eigenvalue weighted by molar-refractivity contribution is -0.118. The Hall–Kier alpha value is -2.34. The molecule has 4 nitrogen and oxygen atoms in total. The van der Waals surface area contributed by atoms with Crippen LogP contribution in [0, 0.1) is 11.6 Å². The second kappa shape index (κ2) is 6.41. The van der Waals surface area contributed by atoms with Crippen LogP contribution < -0.4 is 15.8 Å². The smallest absolute Gasteiger partial charge is 0.262 e. The first kappa shape index (κ1) is 15.1. The first-order valence-electron chi connectivity index (χ1n) is 5.88. The van der Waals surface area contributed by atoms with Gasteiger partial charge in [0.2, 0.25) is 0 Å². The molecule has 0 aliphatic carbocycles. The van der Waals surface area contributed by atoms with E-state index in [9.17, 15) is 13.6 Å². The number of benzene rings is 2. The van der Waals surface area contributed by atoms with Crippen molar-refractivity contribution in [2.75, 3.05) is 17.7 Å². The number of hydrogen-bond donors (Lipinski definition) is 2. The third-order valence-corrected chi connectivity index (χ3v) is 2.75. The number of nitrogens with two attached hydrogens (primary N) is 1. The highest BCUT2D eigenvalue weighted by molar-refractivity contribution is 6.30. The zero-order chi connectivity index (χ0) is 15.4. The number of amides is 1. The summed E-state index contributed by atoms with van der Waals surface area (Å²) in [5, 5.41) is 2.97. The second-order valence-corrected chi connectivity index (χ2v) is 4.59. The number of carbonyl (C=O) groups excluding carboxylic acids is 1. The summed E-state index contributed by atoms with van der Waals surface area (Å²) in [6.07, 6.45) is 0. The molecule has 0 atom stereocenters. The van der Waals surface area contributed by atoms with Gasteiger partial charge < -0.3 is 15.8 Å². The van der Waals surface area contributed by atoms with Crippen LogP contribution in [-0.4, -0.2) is 12.5 Å². The van der Waals surface area contributed by atoms with E-state index in [2.05, 4.69) is 5.32 Å². The van der Waals surface area contributed by atoms with Crippen molar-refractivity contribution in [1.29, 1.82) is 0 Å². The Bertz CT molecular complexity index is 680. The molecule has 0 radical (unpaired) electrons. The molecule has 110 valence electrons. The highest BCUT2D eigenvalue weighted by atomic mass is 35.5. The van der Waals surface area contributed by atoms with E-state index >= 15 is 0 Å². The van der Waals surface area contributed by atoms with Crippen LogP contribution in [0.4, 0.5) is 20.2 Å². The van der Waals surface area contributed by atoms with E-state index in [1.54, 1.807) is 24.3 Å². The Balaban J connectivity index is 1.97. The molecule has 0 fully saturated rings. The fourth-order valence-electron chi connectivity index (χ4n) is 1.56. The number of rotatable bonds is 4. The van der Waals surface area contributed by atoms with Crippen LogP contribution in [0.15, 0.2) is 36.4 Å². The van der Waals surface area contributed by atoms with Crippen LogP contribution >= 0.6 is 11.6 Å². The van der Waals surface area contributed by atoms with Gasteiger partial charge in [-0.25, -0.2) is 8.78 Å². The first-order valence-corrected chi connectivity index (χ1v) is 6.26. The van der Waals surface area contributed by atoms with E-state index in [-0.39, 0.29) is 11.4 Å². The molecule has 2 aromatic carbocycles. The number of nitrogen functional groups attached to an aromatic ring is 1. The van der Waals surface area contributed by atoms with Gasteiger partial charge in [-0.2, -0.15) is 0 Å². The lowest BCUT2D eigenvalue weighted by Crippen LogP contribution is -2.20. The normalized spacial score (nSPS) is 10.2. The zero-order valence-electron chi connectivity index (χ0n) is 10.7. The summed E-state index contributed by atoms with van der Waals surface area (Å²) in [5.41, 5.74) is 5.34. The highest BCUT2D eigenvalue weighted by Crippen LogP contribution is 2.23. The maximum atomic E-state index is 13.4. The number of hydrogen-bond acceptors (Lipinski definition) is 3. The molecule has 0 bridgehead atoms. The molecule has 0 spiro atoms. The van der Waals surface area contributed by atoms with Crippen LogP contribution in [0.3, 0.4) is 0 Å². The van der Waals surface area contributed by atoms with Gasteiger partial charge in [-0.3, -0.25) is 4.79 Å². The predicted octanol–water partition coefficient (Wildman–Crippen LogP) is 3.22. The molecule has 3 N–H and O–H groups in total. The van der Waals surface area contributed by atoms with Crippen LogP contribution in [0.2, 0.25) is 5.02 Å². The van der Waals surface area contributed by atoms with E-state index in [1.165, 1.54) is 0 Å². The average Bonchev–Trinajstić information content (AvgIpc) is 2.41. The number of ether oxygens (including phenoxy) is 1. The van der Waals surface area contributed by atoms with Gasteiger partial charge in [0.05, 0.1) is 5.69 Å². The van der Waals surface area contributed by atoms with Crippen molar-refractivity contribution in [3.8, 4) is 5.75 Å². The number of nitrogens with one attached hydrogen (secondary N) is 1. The quantitative estimate of drug-likeness (QED) is 0.852. The standard InChI is InChI=1S/C14H11ClF2N2O2/c15-8-2-1-3-9(4-8)19-14(20)7-21-13-6-10(16)12(18)5-11(13)17/h1-6H,7,18H2,(H,19,20). The highest BCUT2D eigenvalue weighted by Gasteiger charge is 2.11. The topological polar surface area (TPSA) is 64.3 Å².